The number of nitrogens with zero attached hydrogens (tertiary/aromatic N) is 2. The monoisotopic (exact) mass is 112 g/mol. The van der Waals surface area contributed by atoms with Crippen molar-refractivity contribution >= 4 is 24.5 Å². The minimum Gasteiger partial charge on any atom is -0.244 e. The van der Waals surface area contributed by atoms with E-state index in [2.05, 4.69) is 9.39 Å². The Balaban J connectivity index is 2.60. The molecule has 0 aliphatic carbocycles. The van der Waals surface area contributed by atoms with Crippen LogP contribution in [-0.2, 0) is 0 Å². The van der Waals surface area contributed by atoms with E-state index in [0.717, 1.165) is 0 Å². The molecule has 1 aliphatic heterocycles. The van der Waals surface area contributed by atoms with Crippen LogP contribution in [0, 0.1) is 0 Å². The molecular formula is C4H4N2S. The SMILES string of the molecule is C1=CSN=CN=C1. The molecule has 2 nitrogen and oxygen atoms in total. The molecule has 0 N–H and O–H groups in total. The van der Waals surface area contributed by atoms with Crippen molar-refractivity contribution < 1.29 is 0 Å². The molecule has 0 atom stereocenters. The van der Waals surface area contributed by atoms with Crippen molar-refractivity contribution in [2.45, 2.75) is 0 Å². The molecule has 0 amide bonds. The van der Waals surface area contributed by atoms with Gasteiger partial charge in [0.05, 0.1) is 0 Å². The number of hydrogen-bond donors (Lipinski definition) is 0. The van der Waals surface area contributed by atoms with Gasteiger partial charge in [0.2, 0.25) is 0 Å². The van der Waals surface area contributed by atoms with Gasteiger partial charge in [0.15, 0.2) is 0 Å². The van der Waals surface area contributed by atoms with Crippen LogP contribution in [0.2, 0.25) is 0 Å². The summed E-state index contributed by atoms with van der Waals surface area (Å²) >= 11 is 1.38. The maximum Gasteiger partial charge on any atom is 0.123 e. The molecule has 0 saturated carbocycles. The third kappa shape index (κ3) is 1.55. The lowest BCUT2D eigenvalue weighted by molar-refractivity contribution is 1.78. The van der Waals surface area contributed by atoms with Gasteiger partial charge < -0.3 is 0 Å². The largest absolute Gasteiger partial charge is 0.244 e. The Morgan fingerprint density at radius 1 is 1.43 bits per heavy atom. The van der Waals surface area contributed by atoms with Crippen LogP contribution >= 0.6 is 11.9 Å². The van der Waals surface area contributed by atoms with E-state index >= 15 is 0 Å². The molecule has 0 aromatic heterocycles. The van der Waals surface area contributed by atoms with Crippen molar-refractivity contribution in [1.29, 1.82) is 0 Å². The fraction of sp³-hybridized carbons (Fsp3) is 0. The standard InChI is InChI=1S/C4H4N2S/c1-2-5-4-6-7-3-1/h1-4H. The van der Waals surface area contributed by atoms with E-state index in [-0.39, 0.29) is 0 Å². The molecule has 7 heavy (non-hydrogen) atoms. The lowest BCUT2D eigenvalue weighted by Crippen LogP contribution is -1.59. The molecule has 1 rings (SSSR count). The van der Waals surface area contributed by atoms with Gasteiger partial charge in [-0.2, -0.15) is 0 Å². The molecule has 0 bridgehead atoms. The van der Waals surface area contributed by atoms with E-state index in [1.807, 2.05) is 11.5 Å². The lowest BCUT2D eigenvalue weighted by Gasteiger charge is -1.68. The molecule has 1 aliphatic rings. The first kappa shape index (κ1) is 4.59. The third-order valence-corrected chi connectivity index (χ3v) is 0.981. The zero-order valence-corrected chi connectivity index (χ0v) is 4.43. The molecule has 0 spiro atoms. The summed E-state index contributed by atoms with van der Waals surface area (Å²) in [5, 5.41) is 1.87. The van der Waals surface area contributed by atoms with Gasteiger partial charge >= 0.3 is 0 Å². The normalized spacial score (nSPS) is 17.1. The Hall–Kier alpha value is -0.570. The molecular weight excluding hydrogens is 108 g/mol. The summed E-state index contributed by atoms with van der Waals surface area (Å²) in [7, 11) is 0. The Kier molecular flexibility index (Phi) is 1.69. The first-order valence-corrected chi connectivity index (χ1v) is 2.70. The number of allylic oxidation sites excluding steroid dienone is 1. The molecule has 0 aromatic rings. The maximum atomic E-state index is 3.78. The van der Waals surface area contributed by atoms with Gasteiger partial charge in [-0.25, -0.2) is 9.39 Å². The van der Waals surface area contributed by atoms with E-state index in [1.54, 1.807) is 6.21 Å². The van der Waals surface area contributed by atoms with Gasteiger partial charge in [0.1, 0.15) is 6.34 Å². The molecule has 0 saturated heterocycles. The highest BCUT2D eigenvalue weighted by molar-refractivity contribution is 8.01. The number of aliphatic imine (C=N–C) groups is 1. The second-order valence-corrected chi connectivity index (χ2v) is 1.65. The second-order valence-electron chi connectivity index (χ2n) is 0.953. The first-order chi connectivity index (χ1) is 3.50. The highest BCUT2D eigenvalue weighted by atomic mass is 32.2. The van der Waals surface area contributed by atoms with Crippen LogP contribution in [0.3, 0.4) is 0 Å². The van der Waals surface area contributed by atoms with Crippen molar-refractivity contribution in [3.8, 4) is 0 Å². The van der Waals surface area contributed by atoms with E-state index in [1.165, 1.54) is 18.3 Å². The predicted octanol–water partition coefficient (Wildman–Crippen LogP) is 1.26. The summed E-state index contributed by atoms with van der Waals surface area (Å²) in [5.74, 6) is 0. The predicted molar refractivity (Wildman–Crippen MR) is 33.7 cm³/mol. The van der Waals surface area contributed by atoms with Gasteiger partial charge in [-0.1, -0.05) is 0 Å². The van der Waals surface area contributed by atoms with Crippen molar-refractivity contribution in [2.75, 3.05) is 0 Å². The van der Waals surface area contributed by atoms with Crippen LogP contribution < -0.4 is 0 Å². The Bertz CT molecular complexity index is 112. The summed E-state index contributed by atoms with van der Waals surface area (Å²) in [4.78, 5) is 3.75. The Labute approximate surface area is 46.2 Å². The van der Waals surface area contributed by atoms with Crippen LogP contribution in [0.5, 0.6) is 0 Å². The van der Waals surface area contributed by atoms with Crippen molar-refractivity contribution in [3.63, 3.8) is 0 Å². The van der Waals surface area contributed by atoms with Gasteiger partial charge in [0.25, 0.3) is 0 Å². The van der Waals surface area contributed by atoms with E-state index in [0.29, 0.717) is 0 Å². The molecule has 0 aromatic carbocycles. The Morgan fingerprint density at radius 2 is 2.43 bits per heavy atom. The summed E-state index contributed by atoms with van der Waals surface area (Å²) in [5.41, 5.74) is 0. The summed E-state index contributed by atoms with van der Waals surface area (Å²) in [6.07, 6.45) is 5.06. The molecule has 3 heteroatoms. The first-order valence-electron chi connectivity index (χ1n) is 1.86. The van der Waals surface area contributed by atoms with Crippen LogP contribution in [-0.4, -0.2) is 12.6 Å². The molecule has 1 heterocycles. The average molecular weight is 112 g/mol. The molecule has 0 unspecified atom stereocenters. The zero-order valence-electron chi connectivity index (χ0n) is 3.61. The highest BCUT2D eigenvalue weighted by Gasteiger charge is 1.72. The minimum atomic E-state index is 1.38. The van der Waals surface area contributed by atoms with Crippen molar-refractivity contribution in [3.05, 3.63) is 11.5 Å². The summed E-state index contributed by atoms with van der Waals surface area (Å²) < 4.78 is 3.78. The van der Waals surface area contributed by atoms with Gasteiger partial charge in [-0.15, -0.1) is 0 Å². The number of hydrogen-bond acceptors (Lipinski definition) is 3. The molecule has 0 fully saturated rings. The van der Waals surface area contributed by atoms with Crippen LogP contribution in [0.15, 0.2) is 20.9 Å². The fourth-order valence-corrected chi connectivity index (χ4v) is 0.568. The fourth-order valence-electron chi connectivity index (χ4n) is 0.248. The maximum absolute atomic E-state index is 3.78. The summed E-state index contributed by atoms with van der Waals surface area (Å²) in [6.45, 7) is 0. The second kappa shape index (κ2) is 2.58. The van der Waals surface area contributed by atoms with Crippen molar-refractivity contribution in [1.82, 2.24) is 0 Å². The van der Waals surface area contributed by atoms with E-state index in [4.69, 9.17) is 0 Å². The van der Waals surface area contributed by atoms with Crippen LogP contribution in [0.1, 0.15) is 0 Å². The Morgan fingerprint density at radius 3 is 3.43 bits per heavy atom. The zero-order chi connectivity index (χ0) is 4.95. The lowest BCUT2D eigenvalue weighted by atomic mass is 10.7. The van der Waals surface area contributed by atoms with Gasteiger partial charge in [0, 0.05) is 18.2 Å². The van der Waals surface area contributed by atoms with E-state index in [9.17, 15) is 0 Å². The average Bonchev–Trinajstić information content (AvgIpc) is 1.90. The van der Waals surface area contributed by atoms with Crippen LogP contribution in [0.4, 0.5) is 0 Å². The van der Waals surface area contributed by atoms with Crippen LogP contribution in [0.25, 0.3) is 0 Å². The highest BCUT2D eigenvalue weighted by Crippen LogP contribution is 2.02. The smallest absolute Gasteiger partial charge is 0.123 e. The topological polar surface area (TPSA) is 24.7 Å². The molecule has 36 valence electrons. The summed E-state index contributed by atoms with van der Waals surface area (Å²) in [6, 6.07) is 0. The van der Waals surface area contributed by atoms with Gasteiger partial charge in [-0.3, -0.25) is 0 Å². The number of rotatable bonds is 0. The minimum absolute atomic E-state index is 1.38. The van der Waals surface area contributed by atoms with E-state index < -0.39 is 0 Å². The van der Waals surface area contributed by atoms with Gasteiger partial charge in [-0.05, 0) is 11.5 Å². The quantitative estimate of drug-likeness (QED) is 0.433. The third-order valence-electron chi connectivity index (χ3n) is 0.486. The van der Waals surface area contributed by atoms with Crippen molar-refractivity contribution in [2.24, 2.45) is 9.39 Å². The molecule has 0 radical (unpaired) electrons.